The molecule has 0 amide bonds. The summed E-state index contributed by atoms with van der Waals surface area (Å²) in [5.41, 5.74) is 0. The summed E-state index contributed by atoms with van der Waals surface area (Å²) in [6, 6.07) is 0. The Hall–Kier alpha value is 0.310. The van der Waals surface area contributed by atoms with E-state index in [1.165, 1.54) is 0 Å². The van der Waals surface area contributed by atoms with Crippen LogP contribution in [0.25, 0.3) is 0 Å². The first-order chi connectivity index (χ1) is 4.33. The van der Waals surface area contributed by atoms with Crippen molar-refractivity contribution in [2.24, 2.45) is 11.8 Å². The SMILES string of the molecule is [CH]C1CNCC(CS)C1. The van der Waals surface area contributed by atoms with Gasteiger partial charge in [-0.3, -0.25) is 0 Å². The third kappa shape index (κ3) is 2.18. The Morgan fingerprint density at radius 3 is 2.78 bits per heavy atom. The Labute approximate surface area is 62.6 Å². The molecule has 0 spiro atoms. The molecule has 1 rings (SSSR count). The van der Waals surface area contributed by atoms with Crippen molar-refractivity contribution in [2.75, 3.05) is 18.8 Å². The molecular formula is C7H13NS. The lowest BCUT2D eigenvalue weighted by Gasteiger charge is -2.25. The zero-order valence-electron chi connectivity index (χ0n) is 5.51. The van der Waals surface area contributed by atoms with E-state index in [1.807, 2.05) is 0 Å². The fraction of sp³-hybridized carbons (Fsp3) is 0.857. The Morgan fingerprint density at radius 2 is 2.33 bits per heavy atom. The van der Waals surface area contributed by atoms with Crippen LogP contribution >= 0.6 is 12.6 Å². The smallest absolute Gasteiger partial charge is 0.00125 e. The van der Waals surface area contributed by atoms with Crippen LogP contribution in [0.4, 0.5) is 0 Å². The predicted molar refractivity (Wildman–Crippen MR) is 42.6 cm³/mol. The standard InChI is InChI=1S/C7H13NS/c1-6-2-7(5-9)4-8-3-6/h1,6-9H,2-5H2. The van der Waals surface area contributed by atoms with Crippen LogP contribution in [0.1, 0.15) is 6.42 Å². The van der Waals surface area contributed by atoms with Crippen molar-refractivity contribution in [3.63, 3.8) is 0 Å². The summed E-state index contributed by atoms with van der Waals surface area (Å²) in [5.74, 6) is 2.01. The summed E-state index contributed by atoms with van der Waals surface area (Å²) in [6.07, 6.45) is 1.14. The molecule has 1 heterocycles. The maximum Gasteiger partial charge on any atom is -0.00125 e. The first-order valence-corrected chi connectivity index (χ1v) is 4.03. The Kier molecular flexibility index (Phi) is 2.86. The molecule has 1 aliphatic rings. The lowest BCUT2D eigenvalue weighted by molar-refractivity contribution is 0.348. The van der Waals surface area contributed by atoms with Crippen molar-refractivity contribution < 1.29 is 0 Å². The molecule has 1 fully saturated rings. The summed E-state index contributed by atoms with van der Waals surface area (Å²) in [5, 5.41) is 3.26. The van der Waals surface area contributed by atoms with E-state index >= 15 is 0 Å². The van der Waals surface area contributed by atoms with Crippen LogP contribution in [-0.2, 0) is 0 Å². The van der Waals surface area contributed by atoms with Crippen LogP contribution in [-0.4, -0.2) is 18.8 Å². The second-order valence-electron chi connectivity index (χ2n) is 2.70. The highest BCUT2D eigenvalue weighted by atomic mass is 32.1. The molecule has 2 radical (unpaired) electrons. The first kappa shape index (κ1) is 7.42. The van der Waals surface area contributed by atoms with E-state index in [0.29, 0.717) is 11.8 Å². The minimum atomic E-state index is 0.357. The summed E-state index contributed by atoms with van der Waals surface area (Å²) in [7, 11) is 0. The summed E-state index contributed by atoms with van der Waals surface area (Å²) in [4.78, 5) is 0. The Balaban J connectivity index is 2.23. The zero-order chi connectivity index (χ0) is 6.69. The lowest BCUT2D eigenvalue weighted by Crippen LogP contribution is -2.35. The maximum absolute atomic E-state index is 5.70. The van der Waals surface area contributed by atoms with E-state index in [-0.39, 0.29) is 0 Å². The van der Waals surface area contributed by atoms with Gasteiger partial charge in [-0.2, -0.15) is 12.6 Å². The average Bonchev–Trinajstić information content (AvgIpc) is 1.88. The van der Waals surface area contributed by atoms with Crippen LogP contribution in [0.15, 0.2) is 0 Å². The van der Waals surface area contributed by atoms with Gasteiger partial charge < -0.3 is 5.32 Å². The second kappa shape index (κ2) is 3.47. The van der Waals surface area contributed by atoms with Crippen LogP contribution < -0.4 is 5.32 Å². The number of rotatable bonds is 1. The van der Waals surface area contributed by atoms with Crippen LogP contribution in [0.2, 0.25) is 0 Å². The van der Waals surface area contributed by atoms with Crippen molar-refractivity contribution in [1.29, 1.82) is 0 Å². The van der Waals surface area contributed by atoms with Crippen LogP contribution in [0.3, 0.4) is 0 Å². The fourth-order valence-corrected chi connectivity index (χ4v) is 1.48. The maximum atomic E-state index is 5.70. The van der Waals surface area contributed by atoms with E-state index in [9.17, 15) is 0 Å². The molecule has 1 N–H and O–H groups in total. The third-order valence-electron chi connectivity index (χ3n) is 1.73. The molecule has 0 aliphatic carbocycles. The molecule has 1 saturated heterocycles. The molecule has 0 aromatic rings. The van der Waals surface area contributed by atoms with E-state index in [2.05, 4.69) is 17.9 Å². The lowest BCUT2D eigenvalue weighted by atomic mass is 9.93. The van der Waals surface area contributed by atoms with Gasteiger partial charge in [-0.05, 0) is 44.0 Å². The van der Waals surface area contributed by atoms with Crippen LogP contribution in [0, 0.1) is 18.8 Å². The van der Waals surface area contributed by atoms with E-state index in [4.69, 9.17) is 6.92 Å². The van der Waals surface area contributed by atoms with Gasteiger partial charge in [0.05, 0.1) is 0 Å². The van der Waals surface area contributed by atoms with Gasteiger partial charge in [0, 0.05) is 0 Å². The minimum Gasteiger partial charge on any atom is -0.316 e. The molecule has 1 nitrogen and oxygen atoms in total. The second-order valence-corrected chi connectivity index (χ2v) is 3.07. The molecule has 52 valence electrons. The highest BCUT2D eigenvalue weighted by molar-refractivity contribution is 7.80. The molecule has 0 aromatic carbocycles. The van der Waals surface area contributed by atoms with Gasteiger partial charge in [0.1, 0.15) is 0 Å². The van der Waals surface area contributed by atoms with Gasteiger partial charge in [-0.1, -0.05) is 0 Å². The highest BCUT2D eigenvalue weighted by Crippen LogP contribution is 2.15. The van der Waals surface area contributed by atoms with E-state index in [0.717, 1.165) is 25.3 Å². The van der Waals surface area contributed by atoms with E-state index in [1.54, 1.807) is 0 Å². The molecule has 0 saturated carbocycles. The molecule has 2 heteroatoms. The van der Waals surface area contributed by atoms with Crippen molar-refractivity contribution in [3.05, 3.63) is 6.92 Å². The Bertz CT molecular complexity index is 85.0. The molecule has 1 aliphatic heterocycles. The van der Waals surface area contributed by atoms with Crippen molar-refractivity contribution >= 4 is 12.6 Å². The molecular weight excluding hydrogens is 130 g/mol. The summed E-state index contributed by atoms with van der Waals surface area (Å²) < 4.78 is 0. The van der Waals surface area contributed by atoms with Crippen molar-refractivity contribution in [3.8, 4) is 0 Å². The first-order valence-electron chi connectivity index (χ1n) is 3.40. The van der Waals surface area contributed by atoms with Gasteiger partial charge in [0.25, 0.3) is 0 Å². The number of thiol groups is 1. The summed E-state index contributed by atoms with van der Waals surface area (Å²) in [6.45, 7) is 7.78. The highest BCUT2D eigenvalue weighted by Gasteiger charge is 2.16. The van der Waals surface area contributed by atoms with Gasteiger partial charge in [0.2, 0.25) is 0 Å². The third-order valence-corrected chi connectivity index (χ3v) is 2.25. The monoisotopic (exact) mass is 143 g/mol. The van der Waals surface area contributed by atoms with E-state index < -0.39 is 0 Å². The Morgan fingerprint density at radius 1 is 1.56 bits per heavy atom. The number of hydrogen-bond acceptors (Lipinski definition) is 2. The number of piperidine rings is 1. The number of hydrogen-bond donors (Lipinski definition) is 2. The van der Waals surface area contributed by atoms with Gasteiger partial charge in [-0.25, -0.2) is 0 Å². The zero-order valence-corrected chi connectivity index (χ0v) is 6.40. The predicted octanol–water partition coefficient (Wildman–Crippen LogP) is 0.853. The quantitative estimate of drug-likeness (QED) is 0.519. The molecule has 9 heavy (non-hydrogen) atoms. The molecule has 2 unspecified atom stereocenters. The van der Waals surface area contributed by atoms with Gasteiger partial charge >= 0.3 is 0 Å². The minimum absolute atomic E-state index is 0.357. The van der Waals surface area contributed by atoms with Gasteiger partial charge in [-0.15, -0.1) is 0 Å². The average molecular weight is 143 g/mol. The van der Waals surface area contributed by atoms with Crippen LogP contribution in [0.5, 0.6) is 0 Å². The molecule has 2 atom stereocenters. The largest absolute Gasteiger partial charge is 0.316 e. The summed E-state index contributed by atoms with van der Waals surface area (Å²) >= 11 is 4.21. The van der Waals surface area contributed by atoms with Crippen molar-refractivity contribution in [2.45, 2.75) is 6.42 Å². The van der Waals surface area contributed by atoms with Crippen molar-refractivity contribution in [1.82, 2.24) is 5.32 Å². The molecule has 0 bridgehead atoms. The fourth-order valence-electron chi connectivity index (χ4n) is 1.21. The number of nitrogens with one attached hydrogen (secondary N) is 1. The topological polar surface area (TPSA) is 12.0 Å². The van der Waals surface area contributed by atoms with Gasteiger partial charge in [0.15, 0.2) is 0 Å². The molecule has 0 aromatic heterocycles. The normalized spacial score (nSPS) is 36.7.